The van der Waals surface area contributed by atoms with E-state index in [1.165, 1.54) is 32.1 Å². The number of anilines is 1. The number of nitrogens with zero attached hydrogens (tertiary/aromatic N) is 3. The van der Waals surface area contributed by atoms with Gasteiger partial charge in [-0.15, -0.1) is 0 Å². The van der Waals surface area contributed by atoms with Crippen LogP contribution in [0.4, 0.5) is 5.82 Å². The normalized spacial score (nSPS) is 15.0. The van der Waals surface area contributed by atoms with Gasteiger partial charge < -0.3 is 14.8 Å². The molecule has 0 amide bonds. The van der Waals surface area contributed by atoms with Crippen molar-refractivity contribution in [2.24, 2.45) is 0 Å². The van der Waals surface area contributed by atoms with E-state index in [-0.39, 0.29) is 0 Å². The number of hydrogen-bond donors (Lipinski definition) is 1. The maximum atomic E-state index is 5.64. The van der Waals surface area contributed by atoms with Crippen molar-refractivity contribution >= 4 is 11.6 Å². The summed E-state index contributed by atoms with van der Waals surface area (Å²) in [7, 11) is 3.36. The van der Waals surface area contributed by atoms with Crippen molar-refractivity contribution in [3.63, 3.8) is 0 Å². The lowest BCUT2D eigenvalue weighted by molar-refractivity contribution is 0.404. The third-order valence-electron chi connectivity index (χ3n) is 5.51. The summed E-state index contributed by atoms with van der Waals surface area (Å²) >= 11 is 0. The van der Waals surface area contributed by atoms with Gasteiger partial charge in [-0.2, -0.15) is 0 Å². The Bertz CT molecular complexity index is 990. The first-order valence-corrected chi connectivity index (χ1v) is 9.96. The lowest BCUT2D eigenvalue weighted by Crippen LogP contribution is -2.23. The highest BCUT2D eigenvalue weighted by atomic mass is 16.5. The number of ether oxygens (including phenoxy) is 2. The molecule has 28 heavy (non-hydrogen) atoms. The van der Waals surface area contributed by atoms with E-state index in [1.54, 1.807) is 14.2 Å². The van der Waals surface area contributed by atoms with Crippen LogP contribution in [-0.2, 0) is 0 Å². The number of hydrogen-bond acceptors (Lipinski definition) is 5. The predicted octanol–water partition coefficient (Wildman–Crippen LogP) is 4.77. The molecule has 0 saturated heterocycles. The van der Waals surface area contributed by atoms with Crippen molar-refractivity contribution in [1.82, 2.24) is 14.4 Å². The molecule has 6 nitrogen and oxygen atoms in total. The minimum atomic E-state index is 0.449. The summed E-state index contributed by atoms with van der Waals surface area (Å²) in [5, 5.41) is 3.78. The summed E-state index contributed by atoms with van der Waals surface area (Å²) in [4.78, 5) is 9.58. The van der Waals surface area contributed by atoms with E-state index in [0.717, 1.165) is 40.0 Å². The number of aromatic nitrogens is 3. The van der Waals surface area contributed by atoms with E-state index in [9.17, 15) is 0 Å². The van der Waals surface area contributed by atoms with Crippen LogP contribution in [0.15, 0.2) is 24.3 Å². The predicted molar refractivity (Wildman–Crippen MR) is 111 cm³/mol. The van der Waals surface area contributed by atoms with E-state index >= 15 is 0 Å². The second-order valence-electron chi connectivity index (χ2n) is 7.53. The molecule has 6 heteroatoms. The fourth-order valence-electron chi connectivity index (χ4n) is 4.13. The zero-order valence-electron chi connectivity index (χ0n) is 17.1. The summed E-state index contributed by atoms with van der Waals surface area (Å²) in [6.07, 6.45) is 6.22. The van der Waals surface area contributed by atoms with Crippen molar-refractivity contribution in [1.29, 1.82) is 0 Å². The Balaban J connectivity index is 1.92. The molecular weight excluding hydrogens is 352 g/mol. The lowest BCUT2D eigenvalue weighted by Gasteiger charge is -2.24. The smallest absolute Gasteiger partial charge is 0.236 e. The zero-order valence-corrected chi connectivity index (χ0v) is 17.1. The molecule has 2 aromatic heterocycles. The number of aryl methyl sites for hydroxylation is 2. The highest BCUT2D eigenvalue weighted by Crippen LogP contribution is 2.38. The number of rotatable bonds is 5. The van der Waals surface area contributed by atoms with Crippen LogP contribution in [-0.4, -0.2) is 34.6 Å². The van der Waals surface area contributed by atoms with Crippen molar-refractivity contribution in [2.45, 2.75) is 52.0 Å². The van der Waals surface area contributed by atoms with E-state index in [0.29, 0.717) is 11.8 Å². The Morgan fingerprint density at radius 2 is 1.79 bits per heavy atom. The maximum Gasteiger partial charge on any atom is 0.236 e. The van der Waals surface area contributed by atoms with Gasteiger partial charge in [-0.3, -0.25) is 4.40 Å². The van der Waals surface area contributed by atoms with Gasteiger partial charge in [-0.25, -0.2) is 9.97 Å². The van der Waals surface area contributed by atoms with Gasteiger partial charge in [0.05, 0.1) is 14.2 Å². The Morgan fingerprint density at radius 3 is 2.50 bits per heavy atom. The standard InChI is InChI=1S/C22H28N4O2/c1-14-12-15(2)26-21(24-16-8-6-5-7-9-16)20(25-22(26)23-14)18-13-17(27-3)10-11-19(18)28-4/h10-13,16,24H,5-9H2,1-4H3. The average Bonchev–Trinajstić information content (AvgIpc) is 3.06. The van der Waals surface area contributed by atoms with Crippen LogP contribution in [0.5, 0.6) is 11.5 Å². The molecule has 1 fully saturated rings. The first kappa shape index (κ1) is 18.6. The Morgan fingerprint density at radius 1 is 1.00 bits per heavy atom. The fraction of sp³-hybridized carbons (Fsp3) is 0.455. The summed E-state index contributed by atoms with van der Waals surface area (Å²) in [6, 6.07) is 8.35. The van der Waals surface area contributed by atoms with Crippen LogP contribution in [0.1, 0.15) is 43.5 Å². The average molecular weight is 380 g/mol. The highest BCUT2D eigenvalue weighted by molar-refractivity contribution is 5.81. The molecule has 0 radical (unpaired) electrons. The van der Waals surface area contributed by atoms with Crippen LogP contribution in [0.2, 0.25) is 0 Å². The van der Waals surface area contributed by atoms with E-state index in [2.05, 4.69) is 27.7 Å². The highest BCUT2D eigenvalue weighted by Gasteiger charge is 2.23. The van der Waals surface area contributed by atoms with Crippen LogP contribution >= 0.6 is 0 Å². The fourth-order valence-corrected chi connectivity index (χ4v) is 4.13. The van der Waals surface area contributed by atoms with E-state index in [4.69, 9.17) is 14.5 Å². The van der Waals surface area contributed by atoms with Crippen molar-refractivity contribution < 1.29 is 9.47 Å². The minimum absolute atomic E-state index is 0.449. The van der Waals surface area contributed by atoms with E-state index in [1.807, 2.05) is 25.1 Å². The Hall–Kier alpha value is -2.76. The second-order valence-corrected chi connectivity index (χ2v) is 7.53. The van der Waals surface area contributed by atoms with Gasteiger partial charge >= 0.3 is 0 Å². The van der Waals surface area contributed by atoms with Crippen LogP contribution in [0.3, 0.4) is 0 Å². The molecule has 0 spiro atoms. The van der Waals surface area contributed by atoms with Gasteiger partial charge in [0.2, 0.25) is 5.78 Å². The molecule has 1 aliphatic rings. The maximum absolute atomic E-state index is 5.64. The summed E-state index contributed by atoms with van der Waals surface area (Å²) < 4.78 is 13.2. The molecule has 2 heterocycles. The molecular formula is C22H28N4O2. The minimum Gasteiger partial charge on any atom is -0.497 e. The molecule has 148 valence electrons. The molecule has 1 aliphatic carbocycles. The molecule has 0 unspecified atom stereocenters. The van der Waals surface area contributed by atoms with Gasteiger partial charge in [0.15, 0.2) is 0 Å². The topological polar surface area (TPSA) is 60.7 Å². The molecule has 1 saturated carbocycles. The van der Waals surface area contributed by atoms with Crippen molar-refractivity contribution in [2.75, 3.05) is 19.5 Å². The summed E-state index contributed by atoms with van der Waals surface area (Å²) in [5.74, 6) is 3.23. The second kappa shape index (κ2) is 7.70. The molecule has 1 aromatic carbocycles. The molecule has 1 N–H and O–H groups in total. The van der Waals surface area contributed by atoms with Crippen LogP contribution < -0.4 is 14.8 Å². The first-order chi connectivity index (χ1) is 13.6. The van der Waals surface area contributed by atoms with Gasteiger partial charge in [-0.05, 0) is 51.0 Å². The zero-order chi connectivity index (χ0) is 19.7. The molecule has 0 aliphatic heterocycles. The van der Waals surface area contributed by atoms with Crippen LogP contribution in [0, 0.1) is 13.8 Å². The number of nitrogens with one attached hydrogen (secondary N) is 1. The molecule has 3 aromatic rings. The molecule has 0 bridgehead atoms. The number of methoxy groups -OCH3 is 2. The molecule has 0 atom stereocenters. The van der Waals surface area contributed by atoms with Gasteiger partial charge in [0.1, 0.15) is 23.0 Å². The van der Waals surface area contributed by atoms with Gasteiger partial charge in [0.25, 0.3) is 0 Å². The Labute approximate surface area is 165 Å². The third-order valence-corrected chi connectivity index (χ3v) is 5.51. The number of benzene rings is 1. The van der Waals surface area contributed by atoms with Crippen molar-refractivity contribution in [3.05, 3.63) is 35.7 Å². The molecule has 4 rings (SSSR count). The summed E-state index contributed by atoms with van der Waals surface area (Å²) in [5.41, 5.74) is 3.83. The van der Waals surface area contributed by atoms with Gasteiger partial charge in [0, 0.05) is 23.0 Å². The lowest BCUT2D eigenvalue weighted by atomic mass is 9.95. The largest absolute Gasteiger partial charge is 0.497 e. The first-order valence-electron chi connectivity index (χ1n) is 9.96. The number of fused-ring (bicyclic) bond motifs is 1. The van der Waals surface area contributed by atoms with E-state index < -0.39 is 0 Å². The number of imidazole rings is 1. The van der Waals surface area contributed by atoms with Crippen LogP contribution in [0.25, 0.3) is 17.0 Å². The SMILES string of the molecule is COc1ccc(OC)c(-c2nc3nc(C)cc(C)n3c2NC2CCCCC2)c1. The van der Waals surface area contributed by atoms with Gasteiger partial charge in [-0.1, -0.05) is 19.3 Å². The van der Waals surface area contributed by atoms with Crippen molar-refractivity contribution in [3.8, 4) is 22.8 Å². The Kier molecular flexibility index (Phi) is 5.11. The third kappa shape index (κ3) is 3.39. The monoisotopic (exact) mass is 380 g/mol. The quantitative estimate of drug-likeness (QED) is 0.690. The summed E-state index contributed by atoms with van der Waals surface area (Å²) in [6.45, 7) is 4.10.